The van der Waals surface area contributed by atoms with Gasteiger partial charge in [-0.05, 0) is 42.7 Å². The first-order valence-corrected chi connectivity index (χ1v) is 14.5. The number of hydrogen-bond acceptors (Lipinski definition) is 5. The van der Waals surface area contributed by atoms with Gasteiger partial charge >= 0.3 is 5.69 Å². The summed E-state index contributed by atoms with van der Waals surface area (Å²) in [5.74, 6) is 1.21. The summed E-state index contributed by atoms with van der Waals surface area (Å²) < 4.78 is 9.37. The van der Waals surface area contributed by atoms with Crippen LogP contribution in [0.3, 0.4) is 0 Å². The van der Waals surface area contributed by atoms with Gasteiger partial charge in [-0.2, -0.15) is 0 Å². The molecule has 1 saturated carbocycles. The first-order valence-electron chi connectivity index (χ1n) is 14.5. The molecule has 41 heavy (non-hydrogen) atoms. The molecule has 2 fully saturated rings. The third kappa shape index (κ3) is 5.71. The maximum Gasteiger partial charge on any atom is 0.329 e. The van der Waals surface area contributed by atoms with Gasteiger partial charge in [0.05, 0.1) is 24.4 Å². The highest BCUT2D eigenvalue weighted by molar-refractivity contribution is 5.99. The van der Waals surface area contributed by atoms with Crippen LogP contribution in [0.1, 0.15) is 47.8 Å². The number of nitrogens with zero attached hydrogens (tertiary/aromatic N) is 3. The fourth-order valence-electron chi connectivity index (χ4n) is 6.03. The average molecular weight is 553 g/mol. The molecule has 2 heterocycles. The van der Waals surface area contributed by atoms with Gasteiger partial charge in [-0.3, -0.25) is 13.9 Å². The maximum atomic E-state index is 14.4. The molecule has 2 aliphatic rings. The molecule has 8 nitrogen and oxygen atoms in total. The Morgan fingerprint density at radius 3 is 2.29 bits per heavy atom. The zero-order chi connectivity index (χ0) is 28.2. The Bertz CT molecular complexity index is 1540. The molecule has 4 aromatic rings. The molecule has 1 aromatic heterocycles. The third-order valence-corrected chi connectivity index (χ3v) is 8.07. The summed E-state index contributed by atoms with van der Waals surface area (Å²) in [4.78, 5) is 30.5. The molecule has 0 bridgehead atoms. The molecular formula is C33H36N4O4. The van der Waals surface area contributed by atoms with Crippen LogP contribution in [0.25, 0.3) is 11.3 Å². The average Bonchev–Trinajstić information content (AvgIpc) is 3.30. The zero-order valence-electron chi connectivity index (χ0n) is 23.1. The summed E-state index contributed by atoms with van der Waals surface area (Å²) in [5, 5.41) is 14.4. The number of aromatic nitrogens is 2. The SMILES string of the molecule is O=C(c1c(-c2ccccc2)n([C@H]2CCCC[C@H]2O)c(=O)n1Cc1cccc(Oc2ccccc2)c1)N1CCNCC1. The van der Waals surface area contributed by atoms with Crippen LogP contribution in [0.5, 0.6) is 11.5 Å². The highest BCUT2D eigenvalue weighted by Gasteiger charge is 2.35. The maximum absolute atomic E-state index is 14.4. The fraction of sp³-hybridized carbons (Fsp3) is 0.333. The summed E-state index contributed by atoms with van der Waals surface area (Å²) in [6.45, 7) is 2.75. The van der Waals surface area contributed by atoms with Crippen molar-refractivity contribution >= 4 is 5.91 Å². The van der Waals surface area contributed by atoms with Gasteiger partial charge in [-0.25, -0.2) is 4.79 Å². The van der Waals surface area contributed by atoms with E-state index in [4.69, 9.17) is 4.74 Å². The molecule has 1 amide bonds. The quantitative estimate of drug-likeness (QED) is 0.348. The van der Waals surface area contributed by atoms with Crippen LogP contribution < -0.4 is 15.7 Å². The molecule has 6 rings (SSSR count). The highest BCUT2D eigenvalue weighted by Crippen LogP contribution is 2.35. The van der Waals surface area contributed by atoms with Crippen molar-refractivity contribution in [1.29, 1.82) is 0 Å². The Morgan fingerprint density at radius 1 is 0.878 bits per heavy atom. The molecule has 0 unspecified atom stereocenters. The zero-order valence-corrected chi connectivity index (χ0v) is 23.1. The van der Waals surface area contributed by atoms with E-state index < -0.39 is 12.1 Å². The van der Waals surface area contributed by atoms with E-state index in [1.165, 1.54) is 0 Å². The third-order valence-electron chi connectivity index (χ3n) is 8.07. The van der Waals surface area contributed by atoms with E-state index in [0.29, 0.717) is 56.2 Å². The molecule has 8 heteroatoms. The molecule has 0 radical (unpaired) electrons. The second-order valence-electron chi connectivity index (χ2n) is 10.8. The van der Waals surface area contributed by atoms with E-state index in [0.717, 1.165) is 29.7 Å². The van der Waals surface area contributed by atoms with Gasteiger partial charge in [0.25, 0.3) is 5.91 Å². The predicted octanol–water partition coefficient (Wildman–Crippen LogP) is 4.68. The van der Waals surface area contributed by atoms with Crippen molar-refractivity contribution < 1.29 is 14.6 Å². The molecule has 3 aromatic carbocycles. The van der Waals surface area contributed by atoms with Gasteiger partial charge in [0.15, 0.2) is 0 Å². The monoisotopic (exact) mass is 552 g/mol. The molecule has 212 valence electrons. The van der Waals surface area contributed by atoms with Crippen molar-refractivity contribution in [1.82, 2.24) is 19.4 Å². The van der Waals surface area contributed by atoms with Gasteiger partial charge in [-0.15, -0.1) is 0 Å². The van der Waals surface area contributed by atoms with Crippen molar-refractivity contribution in [2.75, 3.05) is 26.2 Å². The van der Waals surface area contributed by atoms with Crippen molar-refractivity contribution in [3.05, 3.63) is 107 Å². The Balaban J connectivity index is 1.49. The number of imidazole rings is 1. The standard InChI is InChI=1S/C33H36N4O4/c38-29-17-8-7-16-28(29)37-30(25-11-3-1-4-12-25)31(32(39)35-20-18-34-19-21-35)36(33(37)40)23-24-10-9-15-27(22-24)41-26-13-5-2-6-14-26/h1-6,9-15,22,28-29,34,38H,7-8,16-21,23H2/t28-,29+/m0/s1. The lowest BCUT2D eigenvalue weighted by molar-refractivity contribution is 0.0719. The number of amides is 1. The van der Waals surface area contributed by atoms with E-state index in [-0.39, 0.29) is 18.1 Å². The Kier molecular flexibility index (Phi) is 8.02. The van der Waals surface area contributed by atoms with E-state index in [2.05, 4.69) is 5.32 Å². The number of piperazine rings is 1. The van der Waals surface area contributed by atoms with Crippen LogP contribution in [-0.4, -0.2) is 57.3 Å². The van der Waals surface area contributed by atoms with E-state index >= 15 is 0 Å². The van der Waals surface area contributed by atoms with E-state index in [1.54, 1.807) is 9.13 Å². The van der Waals surface area contributed by atoms with Crippen molar-refractivity contribution in [2.45, 2.75) is 44.4 Å². The topological polar surface area (TPSA) is 88.7 Å². The number of aliphatic hydroxyl groups excluding tert-OH is 1. The fourth-order valence-corrected chi connectivity index (χ4v) is 6.03. The van der Waals surface area contributed by atoms with E-state index in [1.807, 2.05) is 89.8 Å². The van der Waals surface area contributed by atoms with Gasteiger partial charge in [0, 0.05) is 31.7 Å². The van der Waals surface area contributed by atoms with Crippen LogP contribution in [0.15, 0.2) is 89.7 Å². The van der Waals surface area contributed by atoms with Crippen molar-refractivity contribution in [2.24, 2.45) is 0 Å². The summed E-state index contributed by atoms with van der Waals surface area (Å²) >= 11 is 0. The second-order valence-corrected chi connectivity index (χ2v) is 10.8. The van der Waals surface area contributed by atoms with Gasteiger partial charge < -0.3 is 20.1 Å². The lowest BCUT2D eigenvalue weighted by atomic mass is 9.92. The van der Waals surface area contributed by atoms with Gasteiger partial charge in [0.1, 0.15) is 17.2 Å². The number of benzene rings is 3. The number of aliphatic hydroxyl groups is 1. The highest BCUT2D eigenvalue weighted by atomic mass is 16.5. The second kappa shape index (κ2) is 12.2. The molecule has 0 spiro atoms. The lowest BCUT2D eigenvalue weighted by Crippen LogP contribution is -2.47. The Hall–Kier alpha value is -4.14. The molecule has 1 saturated heterocycles. The van der Waals surface area contributed by atoms with Gasteiger partial charge in [0.2, 0.25) is 0 Å². The van der Waals surface area contributed by atoms with Crippen LogP contribution in [0, 0.1) is 0 Å². The molecule has 2 atom stereocenters. The molecule has 2 N–H and O–H groups in total. The van der Waals surface area contributed by atoms with Crippen LogP contribution in [-0.2, 0) is 6.54 Å². The minimum absolute atomic E-state index is 0.164. The minimum Gasteiger partial charge on any atom is -0.457 e. The molecule has 1 aliphatic heterocycles. The number of carbonyl (C=O) groups excluding carboxylic acids is 1. The predicted molar refractivity (Wildman–Crippen MR) is 158 cm³/mol. The molecule has 1 aliphatic carbocycles. The molecular weight excluding hydrogens is 516 g/mol. The normalized spacial score (nSPS) is 19.2. The first-order chi connectivity index (χ1) is 20.1. The minimum atomic E-state index is -0.649. The van der Waals surface area contributed by atoms with Crippen molar-refractivity contribution in [3.63, 3.8) is 0 Å². The summed E-state index contributed by atoms with van der Waals surface area (Å²) in [7, 11) is 0. The van der Waals surface area contributed by atoms with Crippen LogP contribution >= 0.6 is 0 Å². The first kappa shape index (κ1) is 27.1. The van der Waals surface area contributed by atoms with Crippen LogP contribution in [0.2, 0.25) is 0 Å². The Morgan fingerprint density at radius 2 is 1.56 bits per heavy atom. The van der Waals surface area contributed by atoms with Crippen molar-refractivity contribution in [3.8, 4) is 22.8 Å². The largest absolute Gasteiger partial charge is 0.457 e. The summed E-state index contributed by atoms with van der Waals surface area (Å²) in [6, 6.07) is 26.4. The van der Waals surface area contributed by atoms with Gasteiger partial charge in [-0.1, -0.05) is 73.5 Å². The number of hydrogen-bond donors (Lipinski definition) is 2. The Labute approximate surface area is 239 Å². The summed E-state index contributed by atoms with van der Waals surface area (Å²) in [5.41, 5.74) is 2.32. The number of ether oxygens (including phenoxy) is 1. The summed E-state index contributed by atoms with van der Waals surface area (Å²) in [6.07, 6.45) is 2.52. The number of rotatable bonds is 7. The number of carbonyl (C=O) groups is 1. The number of nitrogens with one attached hydrogen (secondary N) is 1. The smallest absolute Gasteiger partial charge is 0.329 e. The number of para-hydroxylation sites is 1. The van der Waals surface area contributed by atoms with Crippen LogP contribution in [0.4, 0.5) is 0 Å². The van der Waals surface area contributed by atoms with E-state index in [9.17, 15) is 14.7 Å². The lowest BCUT2D eigenvalue weighted by Gasteiger charge is -2.30.